The Morgan fingerprint density at radius 3 is 2.56 bits per heavy atom. The Bertz CT molecular complexity index is 1100. The van der Waals surface area contributed by atoms with Crippen LogP contribution in [0, 0.1) is 0 Å². The number of hydrogen-bond acceptors (Lipinski definition) is 6. The lowest BCUT2D eigenvalue weighted by atomic mass is 10.2. The molecule has 8 heteroatoms. The smallest absolute Gasteiger partial charge is 0.283 e. The predicted octanol–water partition coefficient (Wildman–Crippen LogP) is 2.66. The summed E-state index contributed by atoms with van der Waals surface area (Å²) in [4.78, 5) is 28.4. The molecule has 3 aromatic rings. The number of rotatable bonds is 6. The second-order valence-electron chi connectivity index (χ2n) is 6.85. The fourth-order valence-electron chi connectivity index (χ4n) is 2.88. The Morgan fingerprint density at radius 2 is 1.78 bits per heavy atom. The van der Waals surface area contributed by atoms with Crippen molar-refractivity contribution in [2.24, 2.45) is 0 Å². The highest BCUT2D eigenvalue weighted by Gasteiger charge is 2.27. The molecule has 1 atom stereocenters. The molecule has 162 valence electrons. The molecule has 1 unspecified atom stereocenters. The van der Waals surface area contributed by atoms with E-state index in [1.807, 2.05) is 36.4 Å². The maximum atomic E-state index is 12.2. The first-order valence-corrected chi connectivity index (χ1v) is 9.96. The topological polar surface area (TPSA) is 98.8 Å². The monoisotopic (exact) mass is 431 g/mol. The first-order valence-electron chi connectivity index (χ1n) is 9.96. The van der Waals surface area contributed by atoms with Crippen LogP contribution >= 0.6 is 0 Å². The van der Waals surface area contributed by atoms with E-state index in [1.165, 1.54) is 6.08 Å². The maximum absolute atomic E-state index is 12.2. The van der Waals surface area contributed by atoms with Gasteiger partial charge in [-0.3, -0.25) is 25.4 Å². The summed E-state index contributed by atoms with van der Waals surface area (Å²) in [5.74, 6) is 0.775. The average Bonchev–Trinajstić information content (AvgIpc) is 2.85. The number of nitrogens with zero attached hydrogens (tertiary/aromatic N) is 1. The van der Waals surface area contributed by atoms with Crippen LogP contribution in [0.2, 0.25) is 0 Å². The molecule has 0 fully saturated rings. The molecule has 2 aromatic carbocycles. The maximum Gasteiger partial charge on any atom is 0.283 e. The minimum Gasteiger partial charge on any atom is -0.487 e. The Balaban J connectivity index is 1.21. The average molecular weight is 431 g/mol. The van der Waals surface area contributed by atoms with Crippen molar-refractivity contribution in [3.8, 4) is 17.2 Å². The minimum absolute atomic E-state index is 0.0588. The SMILES string of the molecule is O=C(/C=C/c1ccc(OCc2ccccn2)cc1)NNC(=O)C1COc2ccccc2O1. The summed E-state index contributed by atoms with van der Waals surface area (Å²) in [7, 11) is 0. The Hall–Kier alpha value is -4.33. The second-order valence-corrected chi connectivity index (χ2v) is 6.85. The van der Waals surface area contributed by atoms with Crippen LogP contribution in [0.4, 0.5) is 0 Å². The highest BCUT2D eigenvalue weighted by molar-refractivity contribution is 5.93. The van der Waals surface area contributed by atoms with Crippen molar-refractivity contribution in [3.05, 3.63) is 90.3 Å². The molecule has 1 aliphatic heterocycles. The Morgan fingerprint density at radius 1 is 1.00 bits per heavy atom. The molecule has 1 aromatic heterocycles. The third kappa shape index (κ3) is 5.63. The van der Waals surface area contributed by atoms with Gasteiger partial charge >= 0.3 is 0 Å². The normalized spacial score (nSPS) is 14.6. The van der Waals surface area contributed by atoms with E-state index in [9.17, 15) is 9.59 Å². The van der Waals surface area contributed by atoms with Crippen LogP contribution in [0.25, 0.3) is 6.08 Å². The second kappa shape index (κ2) is 10.1. The summed E-state index contributed by atoms with van der Waals surface area (Å²) in [6.07, 6.45) is 3.81. The highest BCUT2D eigenvalue weighted by Crippen LogP contribution is 2.30. The molecule has 2 amide bonds. The number of fused-ring (bicyclic) bond motifs is 1. The molecule has 8 nitrogen and oxygen atoms in total. The minimum atomic E-state index is -0.854. The van der Waals surface area contributed by atoms with Gasteiger partial charge in [-0.1, -0.05) is 30.3 Å². The number of nitrogens with one attached hydrogen (secondary N) is 2. The van der Waals surface area contributed by atoms with Gasteiger partial charge in [-0.2, -0.15) is 0 Å². The number of carbonyl (C=O) groups excluding carboxylic acids is 2. The molecule has 1 aliphatic rings. The van der Waals surface area contributed by atoms with Crippen molar-refractivity contribution in [3.63, 3.8) is 0 Å². The van der Waals surface area contributed by atoms with Gasteiger partial charge in [-0.05, 0) is 48.0 Å². The first-order chi connectivity index (χ1) is 15.7. The van der Waals surface area contributed by atoms with Crippen molar-refractivity contribution in [1.29, 1.82) is 0 Å². The van der Waals surface area contributed by atoms with Gasteiger partial charge in [0, 0.05) is 12.3 Å². The van der Waals surface area contributed by atoms with Crippen LogP contribution in [0.5, 0.6) is 17.2 Å². The number of hydrogen-bond donors (Lipinski definition) is 2. The van der Waals surface area contributed by atoms with Gasteiger partial charge in [-0.15, -0.1) is 0 Å². The number of hydrazine groups is 1. The van der Waals surface area contributed by atoms with Gasteiger partial charge in [0.15, 0.2) is 11.5 Å². The van der Waals surface area contributed by atoms with Crippen molar-refractivity contribution < 1.29 is 23.8 Å². The van der Waals surface area contributed by atoms with Crippen molar-refractivity contribution in [2.75, 3.05) is 6.61 Å². The summed E-state index contributed by atoms with van der Waals surface area (Å²) in [6, 6.07) is 20.0. The fraction of sp³-hybridized carbons (Fsp3) is 0.125. The van der Waals surface area contributed by atoms with E-state index >= 15 is 0 Å². The molecule has 4 rings (SSSR count). The largest absolute Gasteiger partial charge is 0.487 e. The molecule has 0 saturated heterocycles. The summed E-state index contributed by atoms with van der Waals surface area (Å²) in [6.45, 7) is 0.433. The number of benzene rings is 2. The van der Waals surface area contributed by atoms with Gasteiger partial charge in [0.2, 0.25) is 6.10 Å². The van der Waals surface area contributed by atoms with Crippen LogP contribution in [0.1, 0.15) is 11.3 Å². The van der Waals surface area contributed by atoms with E-state index in [-0.39, 0.29) is 6.61 Å². The van der Waals surface area contributed by atoms with Gasteiger partial charge < -0.3 is 14.2 Å². The summed E-state index contributed by atoms with van der Waals surface area (Å²) >= 11 is 0. The van der Waals surface area contributed by atoms with E-state index in [0.29, 0.717) is 23.9 Å². The van der Waals surface area contributed by atoms with Gasteiger partial charge in [-0.25, -0.2) is 0 Å². The molecule has 0 saturated carbocycles. The van der Waals surface area contributed by atoms with Gasteiger partial charge in [0.25, 0.3) is 11.8 Å². The van der Waals surface area contributed by atoms with Crippen LogP contribution in [0.3, 0.4) is 0 Å². The predicted molar refractivity (Wildman–Crippen MR) is 117 cm³/mol. The van der Waals surface area contributed by atoms with Crippen LogP contribution in [-0.4, -0.2) is 29.5 Å². The van der Waals surface area contributed by atoms with Crippen LogP contribution < -0.4 is 25.1 Å². The van der Waals surface area contributed by atoms with Crippen molar-refractivity contribution in [2.45, 2.75) is 12.7 Å². The number of amides is 2. The molecule has 2 heterocycles. The number of ether oxygens (including phenoxy) is 3. The number of carbonyl (C=O) groups is 2. The molecule has 32 heavy (non-hydrogen) atoms. The fourth-order valence-corrected chi connectivity index (χ4v) is 2.88. The van der Waals surface area contributed by atoms with E-state index in [2.05, 4.69) is 15.8 Å². The summed E-state index contributed by atoms with van der Waals surface area (Å²) in [5, 5.41) is 0. The van der Waals surface area contributed by atoms with Crippen LogP contribution in [-0.2, 0) is 16.2 Å². The zero-order valence-electron chi connectivity index (χ0n) is 17.1. The molecular formula is C24H21N3O5. The van der Waals surface area contributed by atoms with E-state index in [4.69, 9.17) is 14.2 Å². The highest BCUT2D eigenvalue weighted by atomic mass is 16.6. The Kier molecular flexibility index (Phi) is 6.62. The molecular weight excluding hydrogens is 410 g/mol. The van der Waals surface area contributed by atoms with Crippen molar-refractivity contribution >= 4 is 17.9 Å². The van der Waals surface area contributed by atoms with Crippen molar-refractivity contribution in [1.82, 2.24) is 15.8 Å². The molecule has 0 bridgehead atoms. The number of para-hydroxylation sites is 2. The van der Waals surface area contributed by atoms with E-state index in [0.717, 1.165) is 11.3 Å². The quantitative estimate of drug-likeness (QED) is 0.460. The van der Waals surface area contributed by atoms with Gasteiger partial charge in [0.05, 0.1) is 5.69 Å². The first kappa shape index (κ1) is 20.9. The zero-order chi connectivity index (χ0) is 22.2. The third-order valence-corrected chi connectivity index (χ3v) is 4.53. The molecule has 0 aliphatic carbocycles. The van der Waals surface area contributed by atoms with E-state index < -0.39 is 17.9 Å². The van der Waals surface area contributed by atoms with Gasteiger partial charge in [0.1, 0.15) is 19.0 Å². The molecule has 0 radical (unpaired) electrons. The zero-order valence-corrected chi connectivity index (χ0v) is 17.1. The van der Waals surface area contributed by atoms with Crippen LogP contribution in [0.15, 0.2) is 79.0 Å². The Labute approximate surface area is 184 Å². The standard InChI is InChI=1S/C24H21N3O5/c28-23(26-27-24(29)22-16-31-20-6-1-2-7-21(20)32-22)13-10-17-8-11-19(12-9-17)30-15-18-5-3-4-14-25-18/h1-14,22H,15-16H2,(H,26,28)(H,27,29)/b13-10+. The molecule has 0 spiro atoms. The summed E-state index contributed by atoms with van der Waals surface area (Å²) < 4.78 is 16.8. The number of aromatic nitrogens is 1. The number of pyridine rings is 1. The molecule has 2 N–H and O–H groups in total. The lowest BCUT2D eigenvalue weighted by Gasteiger charge is -2.25. The lowest BCUT2D eigenvalue weighted by Crippen LogP contribution is -2.50. The van der Waals surface area contributed by atoms with E-state index in [1.54, 1.807) is 42.6 Å². The lowest BCUT2D eigenvalue weighted by molar-refractivity contribution is -0.134. The third-order valence-electron chi connectivity index (χ3n) is 4.53. The summed E-state index contributed by atoms with van der Waals surface area (Å²) in [5.41, 5.74) is 6.31.